The van der Waals surface area contributed by atoms with Gasteiger partial charge in [-0.3, -0.25) is 4.68 Å². The second-order valence-corrected chi connectivity index (χ2v) is 6.36. The van der Waals surface area contributed by atoms with Gasteiger partial charge in [0.2, 0.25) is 0 Å². The molecule has 2 rings (SSSR count). The molecular weight excluding hydrogens is 304 g/mol. The summed E-state index contributed by atoms with van der Waals surface area (Å²) in [6, 6.07) is 0. The summed E-state index contributed by atoms with van der Waals surface area (Å²) in [5, 5.41) is 8.12. The van der Waals surface area contributed by atoms with Crippen molar-refractivity contribution in [3.05, 3.63) is 15.9 Å². The van der Waals surface area contributed by atoms with Gasteiger partial charge in [0, 0.05) is 13.6 Å². The van der Waals surface area contributed by atoms with Crippen LogP contribution in [0, 0.1) is 5.92 Å². The first-order valence-corrected chi connectivity index (χ1v) is 8.00. The van der Waals surface area contributed by atoms with Crippen LogP contribution in [0.1, 0.15) is 31.2 Å². The number of halogens is 1. The maximum absolute atomic E-state index is 4.53. The summed E-state index contributed by atoms with van der Waals surface area (Å²) in [6.07, 6.45) is 3.61. The van der Waals surface area contributed by atoms with Gasteiger partial charge in [0.15, 0.2) is 0 Å². The molecular formula is C14H25BrN4. The number of aryl methyl sites for hydroxylation is 2. The Balaban J connectivity index is 1.81. The van der Waals surface area contributed by atoms with E-state index in [9.17, 15) is 0 Å². The minimum Gasteiger partial charge on any atom is -0.311 e. The maximum atomic E-state index is 4.53. The lowest BCUT2D eigenvalue weighted by Gasteiger charge is -2.29. The van der Waals surface area contributed by atoms with Gasteiger partial charge in [0.25, 0.3) is 0 Å². The first-order chi connectivity index (χ1) is 9.11. The minimum atomic E-state index is 0.828. The van der Waals surface area contributed by atoms with E-state index in [0.29, 0.717) is 0 Å². The molecule has 0 unspecified atom stereocenters. The van der Waals surface area contributed by atoms with Crippen molar-refractivity contribution >= 4 is 15.9 Å². The molecule has 19 heavy (non-hydrogen) atoms. The minimum absolute atomic E-state index is 0.828. The summed E-state index contributed by atoms with van der Waals surface area (Å²) >= 11 is 3.67. The third kappa shape index (κ3) is 3.80. The lowest BCUT2D eigenvalue weighted by atomic mass is 9.97. The summed E-state index contributed by atoms with van der Waals surface area (Å²) in [6.45, 7) is 6.63. The summed E-state index contributed by atoms with van der Waals surface area (Å²) < 4.78 is 3.17. The molecule has 108 valence electrons. The Morgan fingerprint density at radius 1 is 1.32 bits per heavy atom. The molecule has 5 heteroatoms. The average Bonchev–Trinajstić information content (AvgIpc) is 2.68. The van der Waals surface area contributed by atoms with E-state index in [0.717, 1.165) is 31.1 Å². The van der Waals surface area contributed by atoms with Gasteiger partial charge in [0.05, 0.1) is 15.9 Å². The summed E-state index contributed by atoms with van der Waals surface area (Å²) in [7, 11) is 4.24. The molecule has 0 radical (unpaired) electrons. The van der Waals surface area contributed by atoms with Crippen molar-refractivity contribution in [2.24, 2.45) is 13.0 Å². The first-order valence-electron chi connectivity index (χ1n) is 7.21. The highest BCUT2D eigenvalue weighted by Crippen LogP contribution is 2.21. The molecule has 0 spiro atoms. The number of likely N-dealkylation sites (tertiary alicyclic amines) is 1. The number of piperidine rings is 1. The number of nitrogens with zero attached hydrogens (tertiary/aromatic N) is 3. The van der Waals surface area contributed by atoms with Crippen molar-refractivity contribution in [1.82, 2.24) is 20.0 Å². The molecule has 1 aromatic heterocycles. The van der Waals surface area contributed by atoms with Crippen LogP contribution in [0.3, 0.4) is 0 Å². The molecule has 1 aliphatic heterocycles. The Kier molecular flexibility index (Phi) is 5.42. The van der Waals surface area contributed by atoms with E-state index in [-0.39, 0.29) is 0 Å². The molecule has 0 atom stereocenters. The standard InChI is InChI=1S/C14H25BrN4/c1-4-12-14(15)13(19(3)17-12)10-16-9-11-5-7-18(2)8-6-11/h11,16H,4-10H2,1-3H3. The second-order valence-electron chi connectivity index (χ2n) is 5.56. The molecule has 1 aliphatic rings. The smallest absolute Gasteiger partial charge is 0.0767 e. The quantitative estimate of drug-likeness (QED) is 0.899. The largest absolute Gasteiger partial charge is 0.311 e. The highest BCUT2D eigenvalue weighted by Gasteiger charge is 2.17. The maximum Gasteiger partial charge on any atom is 0.0767 e. The van der Waals surface area contributed by atoms with Gasteiger partial charge in [-0.05, 0) is 67.8 Å². The Labute approximate surface area is 124 Å². The van der Waals surface area contributed by atoms with Crippen LogP contribution >= 0.6 is 15.9 Å². The molecule has 4 nitrogen and oxygen atoms in total. The van der Waals surface area contributed by atoms with Crippen LogP contribution in [-0.2, 0) is 20.0 Å². The SMILES string of the molecule is CCc1nn(C)c(CNCC2CCN(C)CC2)c1Br. The van der Waals surface area contributed by atoms with Crippen molar-refractivity contribution in [1.29, 1.82) is 0 Å². The van der Waals surface area contributed by atoms with Crippen LogP contribution < -0.4 is 5.32 Å². The summed E-state index contributed by atoms with van der Waals surface area (Å²) in [5.41, 5.74) is 2.41. The van der Waals surface area contributed by atoms with E-state index in [4.69, 9.17) is 0 Å². The van der Waals surface area contributed by atoms with Crippen LogP contribution in [0.5, 0.6) is 0 Å². The summed E-state index contributed by atoms with van der Waals surface area (Å²) in [5.74, 6) is 0.828. The normalized spacial score (nSPS) is 18.1. The van der Waals surface area contributed by atoms with Gasteiger partial charge < -0.3 is 10.2 Å². The van der Waals surface area contributed by atoms with Crippen molar-refractivity contribution in [2.45, 2.75) is 32.7 Å². The van der Waals surface area contributed by atoms with E-state index in [1.165, 1.54) is 36.1 Å². The molecule has 1 aromatic rings. The first kappa shape index (κ1) is 15.0. The fourth-order valence-electron chi connectivity index (χ4n) is 2.67. The van der Waals surface area contributed by atoms with Gasteiger partial charge in [0.1, 0.15) is 0 Å². The number of rotatable bonds is 5. The lowest BCUT2D eigenvalue weighted by molar-refractivity contribution is 0.215. The third-order valence-corrected chi connectivity index (χ3v) is 4.98. The van der Waals surface area contributed by atoms with E-state index in [2.05, 4.69) is 45.2 Å². The Morgan fingerprint density at radius 3 is 2.58 bits per heavy atom. The van der Waals surface area contributed by atoms with E-state index >= 15 is 0 Å². The molecule has 0 bridgehead atoms. The zero-order valence-corrected chi connectivity index (χ0v) is 13.8. The van der Waals surface area contributed by atoms with Crippen LogP contribution in [0.25, 0.3) is 0 Å². The number of aromatic nitrogens is 2. The Morgan fingerprint density at radius 2 is 2.00 bits per heavy atom. The van der Waals surface area contributed by atoms with Crippen molar-refractivity contribution in [3.63, 3.8) is 0 Å². The van der Waals surface area contributed by atoms with Crippen LogP contribution in [0.2, 0.25) is 0 Å². The van der Waals surface area contributed by atoms with Crippen molar-refractivity contribution < 1.29 is 0 Å². The Hall–Kier alpha value is -0.390. The fraction of sp³-hybridized carbons (Fsp3) is 0.786. The van der Waals surface area contributed by atoms with Gasteiger partial charge >= 0.3 is 0 Å². The number of hydrogen-bond acceptors (Lipinski definition) is 3. The van der Waals surface area contributed by atoms with Gasteiger partial charge in [-0.25, -0.2) is 0 Å². The van der Waals surface area contributed by atoms with Crippen LogP contribution in [-0.4, -0.2) is 41.4 Å². The van der Waals surface area contributed by atoms with Gasteiger partial charge in [-0.2, -0.15) is 5.10 Å². The molecule has 0 aliphatic carbocycles. The van der Waals surface area contributed by atoms with Gasteiger partial charge in [-0.15, -0.1) is 0 Å². The average molecular weight is 329 g/mol. The van der Waals surface area contributed by atoms with E-state index < -0.39 is 0 Å². The third-order valence-electron chi connectivity index (χ3n) is 4.07. The molecule has 0 aromatic carbocycles. The fourth-order valence-corrected chi connectivity index (χ4v) is 3.43. The lowest BCUT2D eigenvalue weighted by Crippen LogP contribution is -2.35. The number of nitrogens with one attached hydrogen (secondary N) is 1. The predicted octanol–water partition coefficient (Wildman–Crippen LogP) is 2.18. The topological polar surface area (TPSA) is 33.1 Å². The highest BCUT2D eigenvalue weighted by atomic mass is 79.9. The molecule has 0 saturated carbocycles. The van der Waals surface area contributed by atoms with Crippen molar-refractivity contribution in [3.8, 4) is 0 Å². The molecule has 2 heterocycles. The zero-order chi connectivity index (χ0) is 13.8. The molecule has 1 N–H and O–H groups in total. The number of hydrogen-bond donors (Lipinski definition) is 1. The monoisotopic (exact) mass is 328 g/mol. The highest BCUT2D eigenvalue weighted by molar-refractivity contribution is 9.10. The van der Waals surface area contributed by atoms with Crippen LogP contribution in [0.4, 0.5) is 0 Å². The van der Waals surface area contributed by atoms with E-state index in [1.54, 1.807) is 0 Å². The molecule has 1 fully saturated rings. The predicted molar refractivity (Wildman–Crippen MR) is 82.2 cm³/mol. The summed E-state index contributed by atoms with van der Waals surface area (Å²) in [4.78, 5) is 2.42. The zero-order valence-electron chi connectivity index (χ0n) is 12.2. The van der Waals surface area contributed by atoms with Crippen LogP contribution in [0.15, 0.2) is 4.47 Å². The molecule has 0 amide bonds. The Bertz CT molecular complexity index is 408. The van der Waals surface area contributed by atoms with E-state index in [1.807, 2.05) is 11.7 Å². The van der Waals surface area contributed by atoms with Gasteiger partial charge in [-0.1, -0.05) is 6.92 Å². The molecule has 1 saturated heterocycles. The van der Waals surface area contributed by atoms with Crippen molar-refractivity contribution in [2.75, 3.05) is 26.7 Å². The second kappa shape index (κ2) is 6.86.